The molecule has 0 saturated heterocycles. The summed E-state index contributed by atoms with van der Waals surface area (Å²) in [6, 6.07) is 0. The molecule has 0 aliphatic heterocycles. The summed E-state index contributed by atoms with van der Waals surface area (Å²) in [7, 11) is 0. The fourth-order valence-corrected chi connectivity index (χ4v) is 1.93. The van der Waals surface area contributed by atoms with Crippen molar-refractivity contribution >= 4 is 15.9 Å². The molecule has 0 aliphatic carbocycles. The van der Waals surface area contributed by atoms with E-state index in [1.165, 1.54) is 6.33 Å². The molecule has 92 valence electrons. The molecule has 1 heterocycles. The second kappa shape index (κ2) is 6.90. The van der Waals surface area contributed by atoms with E-state index >= 15 is 0 Å². The highest BCUT2D eigenvalue weighted by Crippen LogP contribution is 2.05. The molecule has 1 aromatic heterocycles. The van der Waals surface area contributed by atoms with Gasteiger partial charge in [-0.2, -0.15) is 5.10 Å². The number of aryl methyl sites for hydroxylation is 1. The average Bonchev–Trinajstić information content (AvgIpc) is 2.64. The zero-order valence-electron chi connectivity index (χ0n) is 9.11. The Labute approximate surface area is 102 Å². The molecule has 0 amide bonds. The zero-order chi connectivity index (χ0) is 12.0. The van der Waals surface area contributed by atoms with E-state index in [0.717, 1.165) is 5.82 Å². The molecular weight excluding hydrogens is 282 g/mol. The lowest BCUT2D eigenvalue weighted by Crippen LogP contribution is -2.31. The Morgan fingerprint density at radius 2 is 2.31 bits per heavy atom. The molecule has 0 aromatic carbocycles. The minimum atomic E-state index is -2.32. The molecule has 0 spiro atoms. The first kappa shape index (κ1) is 13.5. The molecule has 0 fully saturated rings. The molecule has 0 atom stereocenters. The highest BCUT2D eigenvalue weighted by atomic mass is 79.9. The third kappa shape index (κ3) is 4.13. The van der Waals surface area contributed by atoms with Gasteiger partial charge < -0.3 is 0 Å². The fourth-order valence-electron chi connectivity index (χ4n) is 1.42. The Morgan fingerprint density at radius 3 is 2.88 bits per heavy atom. The van der Waals surface area contributed by atoms with Gasteiger partial charge >= 0.3 is 0 Å². The van der Waals surface area contributed by atoms with Crippen molar-refractivity contribution in [1.29, 1.82) is 0 Å². The van der Waals surface area contributed by atoms with Gasteiger partial charge in [0.15, 0.2) is 0 Å². The summed E-state index contributed by atoms with van der Waals surface area (Å²) in [5.74, 6) is 0.726. The summed E-state index contributed by atoms with van der Waals surface area (Å²) >= 11 is 3.25. The number of hydrogen-bond donors (Lipinski definition) is 0. The van der Waals surface area contributed by atoms with Crippen LogP contribution in [0.3, 0.4) is 0 Å². The molecule has 0 aliphatic rings. The number of aromatic nitrogens is 3. The van der Waals surface area contributed by atoms with E-state index in [1.807, 2.05) is 6.92 Å². The molecule has 7 heteroatoms. The highest BCUT2D eigenvalue weighted by molar-refractivity contribution is 9.09. The minimum Gasteiger partial charge on any atom is -0.289 e. The number of rotatable bonds is 7. The molecule has 0 N–H and O–H groups in total. The molecular formula is C9H15BrF2N4. The van der Waals surface area contributed by atoms with E-state index in [4.69, 9.17) is 0 Å². The maximum atomic E-state index is 12.3. The van der Waals surface area contributed by atoms with Crippen molar-refractivity contribution in [3.63, 3.8) is 0 Å². The number of nitrogens with zero attached hydrogens (tertiary/aromatic N) is 4. The van der Waals surface area contributed by atoms with Crippen LogP contribution in [0.15, 0.2) is 6.33 Å². The standard InChI is InChI=1S/C9H15BrF2N4/c1-2-16-9(13-7-14-16)6-15(4-3-10)5-8(11)12/h7-8H,2-6H2,1H3. The highest BCUT2D eigenvalue weighted by Gasteiger charge is 2.14. The van der Waals surface area contributed by atoms with Crippen LogP contribution in [0.4, 0.5) is 8.78 Å². The predicted octanol–water partition coefficient (Wildman–Crippen LogP) is 1.76. The first-order valence-electron chi connectivity index (χ1n) is 5.10. The van der Waals surface area contributed by atoms with Gasteiger partial charge in [-0.25, -0.2) is 18.4 Å². The molecule has 4 nitrogen and oxygen atoms in total. The van der Waals surface area contributed by atoms with Gasteiger partial charge in [0, 0.05) is 18.4 Å². The molecule has 0 bridgehead atoms. The molecule has 0 saturated carbocycles. The molecule has 0 radical (unpaired) electrons. The number of hydrogen-bond acceptors (Lipinski definition) is 3. The lowest BCUT2D eigenvalue weighted by molar-refractivity contribution is 0.0862. The molecule has 16 heavy (non-hydrogen) atoms. The first-order valence-corrected chi connectivity index (χ1v) is 6.22. The maximum absolute atomic E-state index is 12.3. The van der Waals surface area contributed by atoms with Crippen molar-refractivity contribution in [3.05, 3.63) is 12.2 Å². The predicted molar refractivity (Wildman–Crippen MR) is 60.8 cm³/mol. The Kier molecular flexibility index (Phi) is 5.83. The van der Waals surface area contributed by atoms with Gasteiger partial charge in [0.05, 0.1) is 13.1 Å². The Bertz CT molecular complexity index is 305. The molecule has 1 rings (SSSR count). The van der Waals surface area contributed by atoms with E-state index in [9.17, 15) is 8.78 Å². The van der Waals surface area contributed by atoms with Crippen LogP contribution in [0, 0.1) is 0 Å². The summed E-state index contributed by atoms with van der Waals surface area (Å²) in [5, 5.41) is 4.67. The van der Waals surface area contributed by atoms with Crippen LogP contribution in [0.2, 0.25) is 0 Å². The smallest absolute Gasteiger partial charge is 0.251 e. The van der Waals surface area contributed by atoms with Crippen molar-refractivity contribution in [1.82, 2.24) is 19.7 Å². The third-order valence-corrected chi connectivity index (χ3v) is 2.51. The van der Waals surface area contributed by atoms with Crippen LogP contribution in [0.25, 0.3) is 0 Å². The monoisotopic (exact) mass is 296 g/mol. The van der Waals surface area contributed by atoms with E-state index in [0.29, 0.717) is 25.0 Å². The Hall–Kier alpha value is -0.560. The van der Waals surface area contributed by atoms with Gasteiger partial charge in [-0.15, -0.1) is 0 Å². The van der Waals surface area contributed by atoms with Crippen molar-refractivity contribution in [2.24, 2.45) is 0 Å². The SMILES string of the molecule is CCn1ncnc1CN(CCBr)CC(F)F. The van der Waals surface area contributed by atoms with E-state index < -0.39 is 6.43 Å². The Morgan fingerprint density at radius 1 is 1.56 bits per heavy atom. The van der Waals surface area contributed by atoms with Crippen LogP contribution in [0.1, 0.15) is 12.7 Å². The van der Waals surface area contributed by atoms with Gasteiger partial charge in [0.2, 0.25) is 0 Å². The molecule has 0 unspecified atom stereocenters. The summed E-state index contributed by atoms with van der Waals surface area (Å²) < 4.78 is 26.4. The summed E-state index contributed by atoms with van der Waals surface area (Å²) in [6.45, 7) is 3.39. The van der Waals surface area contributed by atoms with Gasteiger partial charge in [-0.3, -0.25) is 4.90 Å². The van der Waals surface area contributed by atoms with Crippen LogP contribution in [-0.4, -0.2) is 44.5 Å². The second-order valence-corrected chi connectivity index (χ2v) is 4.10. The van der Waals surface area contributed by atoms with Gasteiger partial charge in [-0.1, -0.05) is 15.9 Å². The van der Waals surface area contributed by atoms with Crippen molar-refractivity contribution in [2.45, 2.75) is 26.4 Å². The zero-order valence-corrected chi connectivity index (χ0v) is 10.7. The third-order valence-electron chi connectivity index (χ3n) is 2.16. The largest absolute Gasteiger partial charge is 0.289 e. The van der Waals surface area contributed by atoms with E-state index in [2.05, 4.69) is 26.0 Å². The lowest BCUT2D eigenvalue weighted by Gasteiger charge is -2.20. The average molecular weight is 297 g/mol. The summed E-state index contributed by atoms with van der Waals surface area (Å²) in [4.78, 5) is 5.73. The van der Waals surface area contributed by atoms with Crippen LogP contribution in [0.5, 0.6) is 0 Å². The van der Waals surface area contributed by atoms with Crippen LogP contribution in [-0.2, 0) is 13.1 Å². The summed E-state index contributed by atoms with van der Waals surface area (Å²) in [6.07, 6.45) is -0.870. The quantitative estimate of drug-likeness (QED) is 0.719. The van der Waals surface area contributed by atoms with Crippen LogP contribution < -0.4 is 0 Å². The topological polar surface area (TPSA) is 34.0 Å². The minimum absolute atomic E-state index is 0.234. The first-order chi connectivity index (χ1) is 7.67. The van der Waals surface area contributed by atoms with E-state index in [1.54, 1.807) is 9.58 Å². The second-order valence-electron chi connectivity index (χ2n) is 3.31. The maximum Gasteiger partial charge on any atom is 0.251 e. The molecule has 1 aromatic rings. The fraction of sp³-hybridized carbons (Fsp3) is 0.778. The van der Waals surface area contributed by atoms with Crippen molar-refractivity contribution < 1.29 is 8.78 Å². The van der Waals surface area contributed by atoms with Gasteiger partial charge in [0.25, 0.3) is 6.43 Å². The summed E-state index contributed by atoms with van der Waals surface area (Å²) in [5.41, 5.74) is 0. The van der Waals surface area contributed by atoms with Gasteiger partial charge in [-0.05, 0) is 6.92 Å². The number of alkyl halides is 3. The van der Waals surface area contributed by atoms with Crippen LogP contribution >= 0.6 is 15.9 Å². The van der Waals surface area contributed by atoms with Gasteiger partial charge in [0.1, 0.15) is 12.2 Å². The number of halogens is 3. The normalized spacial score (nSPS) is 11.6. The van der Waals surface area contributed by atoms with E-state index in [-0.39, 0.29) is 6.54 Å². The Balaban J connectivity index is 2.59. The lowest BCUT2D eigenvalue weighted by atomic mass is 10.4. The van der Waals surface area contributed by atoms with Crippen molar-refractivity contribution in [2.75, 3.05) is 18.4 Å². The van der Waals surface area contributed by atoms with Crippen molar-refractivity contribution in [3.8, 4) is 0 Å².